The fourth-order valence-corrected chi connectivity index (χ4v) is 1.96. The van der Waals surface area contributed by atoms with Crippen LogP contribution in [0.25, 0.3) is 0 Å². The first-order valence-electron chi connectivity index (χ1n) is 6.03. The van der Waals surface area contributed by atoms with Crippen molar-refractivity contribution in [3.05, 3.63) is 48.0 Å². The zero-order valence-corrected chi connectivity index (χ0v) is 10.8. The molecule has 0 aliphatic carbocycles. The molecule has 2 rings (SSSR count). The Morgan fingerprint density at radius 3 is 2.56 bits per heavy atom. The van der Waals surface area contributed by atoms with Gasteiger partial charge in [-0.1, -0.05) is 12.1 Å². The van der Waals surface area contributed by atoms with Crippen LogP contribution in [-0.2, 0) is 19.9 Å². The monoisotopic (exact) mass is 245 g/mol. The van der Waals surface area contributed by atoms with E-state index in [0.717, 1.165) is 24.4 Å². The second-order valence-corrected chi connectivity index (χ2v) is 4.47. The predicted molar refractivity (Wildman–Crippen MR) is 71.6 cm³/mol. The number of hydrogen-bond donors (Lipinski definition) is 1. The van der Waals surface area contributed by atoms with Crippen LogP contribution in [0.4, 0.5) is 0 Å². The molecule has 0 saturated carbocycles. The van der Waals surface area contributed by atoms with Crippen molar-refractivity contribution in [2.24, 2.45) is 12.8 Å². The minimum Gasteiger partial charge on any atom is -0.497 e. The highest BCUT2D eigenvalue weighted by atomic mass is 16.5. The number of rotatable bonds is 5. The summed E-state index contributed by atoms with van der Waals surface area (Å²) in [6.45, 7) is 0. The molecule has 4 nitrogen and oxygen atoms in total. The summed E-state index contributed by atoms with van der Waals surface area (Å²) in [4.78, 5) is 4.29. The maximum Gasteiger partial charge on any atom is 0.118 e. The summed E-state index contributed by atoms with van der Waals surface area (Å²) in [7, 11) is 3.66. The van der Waals surface area contributed by atoms with Crippen molar-refractivity contribution in [1.82, 2.24) is 9.55 Å². The molecule has 0 saturated heterocycles. The molecule has 96 valence electrons. The van der Waals surface area contributed by atoms with Crippen LogP contribution in [0.5, 0.6) is 5.75 Å². The van der Waals surface area contributed by atoms with E-state index in [4.69, 9.17) is 10.5 Å². The van der Waals surface area contributed by atoms with E-state index in [-0.39, 0.29) is 6.04 Å². The van der Waals surface area contributed by atoms with Crippen LogP contribution < -0.4 is 10.5 Å². The first kappa shape index (κ1) is 12.6. The summed E-state index contributed by atoms with van der Waals surface area (Å²) < 4.78 is 7.14. The van der Waals surface area contributed by atoms with E-state index in [1.165, 1.54) is 5.56 Å². The molecule has 0 aliphatic rings. The first-order valence-corrected chi connectivity index (χ1v) is 6.03. The Labute approximate surface area is 107 Å². The lowest BCUT2D eigenvalue weighted by atomic mass is 10.0. The number of ether oxygens (including phenoxy) is 1. The number of nitrogens with two attached hydrogens (primary N) is 1. The summed E-state index contributed by atoms with van der Waals surface area (Å²) in [5.41, 5.74) is 7.37. The smallest absolute Gasteiger partial charge is 0.118 e. The Balaban J connectivity index is 1.94. The number of hydrogen-bond acceptors (Lipinski definition) is 3. The van der Waals surface area contributed by atoms with Gasteiger partial charge in [-0.05, 0) is 24.1 Å². The molecule has 1 aromatic carbocycles. The SMILES string of the molecule is COc1ccc(CC(N)Cc2nccn2C)cc1. The lowest BCUT2D eigenvalue weighted by Crippen LogP contribution is -2.26. The van der Waals surface area contributed by atoms with E-state index in [1.54, 1.807) is 13.3 Å². The van der Waals surface area contributed by atoms with E-state index in [2.05, 4.69) is 17.1 Å². The van der Waals surface area contributed by atoms with Crippen molar-refractivity contribution in [3.8, 4) is 5.75 Å². The van der Waals surface area contributed by atoms with E-state index in [0.29, 0.717) is 0 Å². The Morgan fingerprint density at radius 1 is 1.28 bits per heavy atom. The van der Waals surface area contributed by atoms with Gasteiger partial charge in [0.15, 0.2) is 0 Å². The van der Waals surface area contributed by atoms with Gasteiger partial charge in [0, 0.05) is 31.9 Å². The van der Waals surface area contributed by atoms with E-state index < -0.39 is 0 Å². The van der Waals surface area contributed by atoms with Gasteiger partial charge in [0.2, 0.25) is 0 Å². The van der Waals surface area contributed by atoms with Crippen LogP contribution in [0.2, 0.25) is 0 Å². The molecule has 0 aliphatic heterocycles. The standard InChI is InChI=1S/C14H19N3O/c1-17-8-7-16-14(17)10-12(15)9-11-3-5-13(18-2)6-4-11/h3-8,12H,9-10,15H2,1-2H3. The topological polar surface area (TPSA) is 53.1 Å². The van der Waals surface area contributed by atoms with Crippen molar-refractivity contribution in [1.29, 1.82) is 0 Å². The van der Waals surface area contributed by atoms with Gasteiger partial charge in [0.05, 0.1) is 7.11 Å². The zero-order chi connectivity index (χ0) is 13.0. The number of nitrogens with zero attached hydrogens (tertiary/aromatic N) is 2. The molecule has 0 bridgehead atoms. The number of benzene rings is 1. The van der Waals surface area contributed by atoms with Gasteiger partial charge in [-0.2, -0.15) is 0 Å². The number of methoxy groups -OCH3 is 1. The van der Waals surface area contributed by atoms with Crippen molar-refractivity contribution in [2.75, 3.05) is 7.11 Å². The minimum absolute atomic E-state index is 0.0829. The Morgan fingerprint density at radius 2 is 2.00 bits per heavy atom. The number of aryl methyl sites for hydroxylation is 1. The number of imidazole rings is 1. The molecular formula is C14H19N3O. The maximum absolute atomic E-state index is 6.15. The second-order valence-electron chi connectivity index (χ2n) is 4.47. The predicted octanol–water partition coefficient (Wildman–Crippen LogP) is 1.54. The van der Waals surface area contributed by atoms with Crippen LogP contribution in [0.15, 0.2) is 36.7 Å². The van der Waals surface area contributed by atoms with Crippen LogP contribution in [0.3, 0.4) is 0 Å². The highest BCUT2D eigenvalue weighted by Crippen LogP contribution is 2.13. The van der Waals surface area contributed by atoms with Crippen LogP contribution in [-0.4, -0.2) is 22.7 Å². The molecule has 2 N–H and O–H groups in total. The molecule has 2 aromatic rings. The Bertz CT molecular complexity index is 490. The summed E-state index contributed by atoms with van der Waals surface area (Å²) in [6, 6.07) is 8.11. The molecule has 1 aromatic heterocycles. The van der Waals surface area contributed by atoms with Crippen molar-refractivity contribution >= 4 is 0 Å². The van der Waals surface area contributed by atoms with Crippen molar-refractivity contribution in [3.63, 3.8) is 0 Å². The van der Waals surface area contributed by atoms with Gasteiger partial charge < -0.3 is 15.0 Å². The fraction of sp³-hybridized carbons (Fsp3) is 0.357. The minimum atomic E-state index is 0.0829. The fourth-order valence-electron chi connectivity index (χ4n) is 1.96. The molecule has 4 heteroatoms. The summed E-state index contributed by atoms with van der Waals surface area (Å²) >= 11 is 0. The normalized spacial score (nSPS) is 12.4. The third-order valence-electron chi connectivity index (χ3n) is 3.02. The number of aromatic nitrogens is 2. The summed E-state index contributed by atoms with van der Waals surface area (Å²) in [6.07, 6.45) is 5.37. The van der Waals surface area contributed by atoms with E-state index in [9.17, 15) is 0 Å². The molecule has 1 heterocycles. The van der Waals surface area contributed by atoms with Gasteiger partial charge in [0.1, 0.15) is 11.6 Å². The highest BCUT2D eigenvalue weighted by molar-refractivity contribution is 5.27. The largest absolute Gasteiger partial charge is 0.497 e. The molecule has 0 radical (unpaired) electrons. The zero-order valence-electron chi connectivity index (χ0n) is 10.8. The van der Waals surface area contributed by atoms with Crippen LogP contribution in [0.1, 0.15) is 11.4 Å². The quantitative estimate of drug-likeness (QED) is 0.869. The molecule has 18 heavy (non-hydrogen) atoms. The molecule has 1 atom stereocenters. The summed E-state index contributed by atoms with van der Waals surface area (Å²) in [5, 5.41) is 0. The van der Waals surface area contributed by atoms with E-state index >= 15 is 0 Å². The van der Waals surface area contributed by atoms with Crippen LogP contribution >= 0.6 is 0 Å². The molecule has 0 spiro atoms. The van der Waals surface area contributed by atoms with Crippen molar-refractivity contribution < 1.29 is 4.74 Å². The molecule has 1 unspecified atom stereocenters. The lowest BCUT2D eigenvalue weighted by Gasteiger charge is -2.12. The maximum atomic E-state index is 6.15. The second kappa shape index (κ2) is 5.69. The Kier molecular flexibility index (Phi) is 3.99. The average Bonchev–Trinajstić information content (AvgIpc) is 2.76. The third kappa shape index (κ3) is 3.11. The average molecular weight is 245 g/mol. The first-order chi connectivity index (χ1) is 8.69. The Hall–Kier alpha value is -1.81. The van der Waals surface area contributed by atoms with Crippen molar-refractivity contribution in [2.45, 2.75) is 18.9 Å². The lowest BCUT2D eigenvalue weighted by molar-refractivity contribution is 0.414. The molecular weight excluding hydrogens is 226 g/mol. The van der Waals surface area contributed by atoms with Gasteiger partial charge in [-0.15, -0.1) is 0 Å². The van der Waals surface area contributed by atoms with Gasteiger partial charge in [0.25, 0.3) is 0 Å². The molecule has 0 amide bonds. The summed E-state index contributed by atoms with van der Waals surface area (Å²) in [5.74, 6) is 1.90. The van der Waals surface area contributed by atoms with Gasteiger partial charge >= 0.3 is 0 Å². The van der Waals surface area contributed by atoms with E-state index in [1.807, 2.05) is 29.9 Å². The van der Waals surface area contributed by atoms with Gasteiger partial charge in [-0.3, -0.25) is 0 Å². The third-order valence-corrected chi connectivity index (χ3v) is 3.02. The highest BCUT2D eigenvalue weighted by Gasteiger charge is 2.08. The van der Waals surface area contributed by atoms with Crippen LogP contribution in [0, 0.1) is 0 Å². The molecule has 0 fully saturated rings. The van der Waals surface area contributed by atoms with Gasteiger partial charge in [-0.25, -0.2) is 4.98 Å².